The van der Waals surface area contributed by atoms with E-state index in [0.717, 1.165) is 12.8 Å². The zero-order valence-corrected chi connectivity index (χ0v) is 9.46. The van der Waals surface area contributed by atoms with Gasteiger partial charge in [0.2, 0.25) is 0 Å². The van der Waals surface area contributed by atoms with Gasteiger partial charge >= 0.3 is 5.97 Å². The molecule has 4 heteroatoms. The van der Waals surface area contributed by atoms with Crippen LogP contribution in [0, 0.1) is 5.92 Å². The van der Waals surface area contributed by atoms with Gasteiger partial charge in [0.05, 0.1) is 5.92 Å². The van der Waals surface area contributed by atoms with Crippen LogP contribution in [0.25, 0.3) is 0 Å². The third-order valence-corrected chi connectivity index (χ3v) is 4.08. The van der Waals surface area contributed by atoms with E-state index >= 15 is 0 Å². The van der Waals surface area contributed by atoms with Gasteiger partial charge in [0.1, 0.15) is 0 Å². The molecule has 0 aliphatic heterocycles. The fourth-order valence-corrected chi connectivity index (χ4v) is 2.68. The van der Waals surface area contributed by atoms with Crippen LogP contribution in [-0.2, 0) is 4.79 Å². The molecule has 1 saturated carbocycles. The molecule has 82 valence electrons. The van der Waals surface area contributed by atoms with Crippen molar-refractivity contribution in [3.05, 3.63) is 22.4 Å². The van der Waals surface area contributed by atoms with Crippen LogP contribution in [0.3, 0.4) is 0 Å². The molecule has 0 spiro atoms. The fraction of sp³-hybridized carbons (Fsp3) is 0.545. The van der Waals surface area contributed by atoms with Gasteiger partial charge in [0, 0.05) is 17.0 Å². The van der Waals surface area contributed by atoms with Crippen molar-refractivity contribution in [1.29, 1.82) is 0 Å². The summed E-state index contributed by atoms with van der Waals surface area (Å²) in [6.45, 7) is 2.09. The van der Waals surface area contributed by atoms with Gasteiger partial charge in [-0.2, -0.15) is 0 Å². The Bertz CT molecular complexity index is 336. The average molecular weight is 225 g/mol. The van der Waals surface area contributed by atoms with Gasteiger partial charge in [-0.1, -0.05) is 6.07 Å². The molecule has 0 saturated heterocycles. The zero-order valence-electron chi connectivity index (χ0n) is 8.64. The lowest BCUT2D eigenvalue weighted by Crippen LogP contribution is -2.48. The maximum atomic E-state index is 10.8. The number of hydrogen-bond acceptors (Lipinski definition) is 3. The Morgan fingerprint density at radius 1 is 1.67 bits per heavy atom. The summed E-state index contributed by atoms with van der Waals surface area (Å²) in [5, 5.41) is 14.3. The molecule has 1 aromatic rings. The highest BCUT2D eigenvalue weighted by Crippen LogP contribution is 2.30. The minimum atomic E-state index is -0.669. The smallest absolute Gasteiger partial charge is 0.308 e. The van der Waals surface area contributed by atoms with E-state index < -0.39 is 5.97 Å². The highest BCUT2D eigenvalue weighted by Gasteiger charge is 2.37. The van der Waals surface area contributed by atoms with E-state index in [1.807, 2.05) is 11.4 Å². The molecule has 15 heavy (non-hydrogen) atoms. The number of thiophene rings is 1. The number of rotatable bonds is 4. The molecule has 2 N–H and O–H groups in total. The number of carboxylic acids is 1. The lowest BCUT2D eigenvalue weighted by Gasteiger charge is -2.36. The standard InChI is InChI=1S/C11H15NO2S/c1-7(10-3-2-6-15-10)12-9-5-4-8(9)11(13)14/h2-3,6-9,12H,4-5H2,1H3,(H,13,14)/t7-,8?,9?/m0/s1. The fourth-order valence-electron chi connectivity index (χ4n) is 1.94. The monoisotopic (exact) mass is 225 g/mol. The molecular formula is C11H15NO2S. The van der Waals surface area contributed by atoms with Gasteiger partial charge in [-0.05, 0) is 31.2 Å². The van der Waals surface area contributed by atoms with Crippen molar-refractivity contribution in [2.75, 3.05) is 0 Å². The molecule has 3 nitrogen and oxygen atoms in total. The maximum absolute atomic E-state index is 10.8. The molecule has 3 atom stereocenters. The topological polar surface area (TPSA) is 49.3 Å². The largest absolute Gasteiger partial charge is 0.481 e. The van der Waals surface area contributed by atoms with E-state index in [0.29, 0.717) is 0 Å². The summed E-state index contributed by atoms with van der Waals surface area (Å²) in [5.74, 6) is -0.857. The number of carbonyl (C=O) groups is 1. The number of nitrogens with one attached hydrogen (secondary N) is 1. The molecule has 2 unspecified atom stereocenters. The molecule has 1 aliphatic rings. The second kappa shape index (κ2) is 4.33. The molecule has 0 bridgehead atoms. The number of carboxylic acid groups (broad SMARTS) is 1. The Labute approximate surface area is 93.1 Å². The van der Waals surface area contributed by atoms with Gasteiger partial charge in [0.25, 0.3) is 0 Å². The summed E-state index contributed by atoms with van der Waals surface area (Å²) >= 11 is 1.71. The Morgan fingerprint density at radius 3 is 2.93 bits per heavy atom. The van der Waals surface area contributed by atoms with Crippen LogP contribution in [0.4, 0.5) is 0 Å². The molecule has 0 radical (unpaired) electrons. The lowest BCUT2D eigenvalue weighted by atomic mass is 9.79. The molecule has 1 heterocycles. The third-order valence-electron chi connectivity index (χ3n) is 3.03. The van der Waals surface area contributed by atoms with Crippen molar-refractivity contribution < 1.29 is 9.90 Å². The second-order valence-electron chi connectivity index (χ2n) is 4.03. The van der Waals surface area contributed by atoms with Crippen LogP contribution in [-0.4, -0.2) is 17.1 Å². The first-order chi connectivity index (χ1) is 7.18. The summed E-state index contributed by atoms with van der Waals surface area (Å²) in [6, 6.07) is 4.52. The van der Waals surface area contributed by atoms with Crippen molar-refractivity contribution >= 4 is 17.3 Å². The summed E-state index contributed by atoms with van der Waals surface area (Å²) < 4.78 is 0. The van der Waals surface area contributed by atoms with Crippen LogP contribution >= 0.6 is 11.3 Å². The molecule has 1 fully saturated rings. The quantitative estimate of drug-likeness (QED) is 0.826. The Morgan fingerprint density at radius 2 is 2.47 bits per heavy atom. The highest BCUT2D eigenvalue weighted by atomic mass is 32.1. The summed E-state index contributed by atoms with van der Waals surface area (Å²) in [6.07, 6.45) is 1.79. The Kier molecular flexibility index (Phi) is 3.07. The minimum absolute atomic E-state index is 0.152. The van der Waals surface area contributed by atoms with Crippen molar-refractivity contribution in [1.82, 2.24) is 5.32 Å². The van der Waals surface area contributed by atoms with Gasteiger partial charge in [-0.15, -0.1) is 11.3 Å². The molecular weight excluding hydrogens is 210 g/mol. The summed E-state index contributed by atoms with van der Waals surface area (Å²) in [5.41, 5.74) is 0. The molecule has 0 aromatic carbocycles. The van der Waals surface area contributed by atoms with Gasteiger partial charge in [0.15, 0.2) is 0 Å². The highest BCUT2D eigenvalue weighted by molar-refractivity contribution is 7.10. The predicted molar refractivity (Wildman–Crippen MR) is 60.0 cm³/mol. The van der Waals surface area contributed by atoms with E-state index in [9.17, 15) is 4.79 Å². The number of hydrogen-bond donors (Lipinski definition) is 2. The van der Waals surface area contributed by atoms with Crippen LogP contribution in [0.15, 0.2) is 17.5 Å². The molecule has 1 aliphatic carbocycles. The van der Waals surface area contributed by atoms with Crippen LogP contribution in [0.2, 0.25) is 0 Å². The predicted octanol–water partition coefficient (Wildman–Crippen LogP) is 2.26. The van der Waals surface area contributed by atoms with Crippen molar-refractivity contribution in [3.8, 4) is 0 Å². The van der Waals surface area contributed by atoms with E-state index in [-0.39, 0.29) is 18.0 Å². The number of aliphatic carboxylic acids is 1. The SMILES string of the molecule is C[C@H](NC1CCC1C(=O)O)c1cccs1. The third kappa shape index (κ3) is 2.21. The second-order valence-corrected chi connectivity index (χ2v) is 5.01. The minimum Gasteiger partial charge on any atom is -0.481 e. The normalized spacial score (nSPS) is 27.0. The van der Waals surface area contributed by atoms with E-state index in [1.165, 1.54) is 4.88 Å². The van der Waals surface area contributed by atoms with Crippen LogP contribution < -0.4 is 5.32 Å². The van der Waals surface area contributed by atoms with Crippen molar-refractivity contribution in [2.24, 2.45) is 5.92 Å². The Hall–Kier alpha value is -0.870. The van der Waals surface area contributed by atoms with Crippen LogP contribution in [0.5, 0.6) is 0 Å². The van der Waals surface area contributed by atoms with Crippen molar-refractivity contribution in [3.63, 3.8) is 0 Å². The average Bonchev–Trinajstić information content (AvgIpc) is 2.63. The summed E-state index contributed by atoms with van der Waals surface area (Å²) in [7, 11) is 0. The molecule has 2 rings (SSSR count). The molecule has 0 amide bonds. The Balaban J connectivity index is 1.90. The maximum Gasteiger partial charge on any atom is 0.308 e. The summed E-state index contributed by atoms with van der Waals surface area (Å²) in [4.78, 5) is 12.1. The van der Waals surface area contributed by atoms with E-state index in [2.05, 4.69) is 18.3 Å². The van der Waals surface area contributed by atoms with E-state index in [1.54, 1.807) is 11.3 Å². The van der Waals surface area contributed by atoms with Gasteiger partial charge < -0.3 is 10.4 Å². The van der Waals surface area contributed by atoms with Crippen molar-refractivity contribution in [2.45, 2.75) is 31.8 Å². The molecule has 1 aromatic heterocycles. The van der Waals surface area contributed by atoms with Gasteiger partial charge in [-0.3, -0.25) is 4.79 Å². The van der Waals surface area contributed by atoms with Crippen LogP contribution in [0.1, 0.15) is 30.7 Å². The lowest BCUT2D eigenvalue weighted by molar-refractivity contribution is -0.146. The first-order valence-electron chi connectivity index (χ1n) is 5.20. The first-order valence-corrected chi connectivity index (χ1v) is 6.08. The zero-order chi connectivity index (χ0) is 10.8. The van der Waals surface area contributed by atoms with Gasteiger partial charge in [-0.25, -0.2) is 0 Å². The van der Waals surface area contributed by atoms with E-state index in [4.69, 9.17) is 5.11 Å². The first kappa shape index (κ1) is 10.6.